The molecule has 0 aromatic rings. The number of fused-ring (bicyclic) bond motifs is 3. The number of ketones is 2. The first-order valence-electron chi connectivity index (χ1n) is 23.7. The van der Waals surface area contributed by atoms with E-state index in [1.54, 1.807) is 28.3 Å². The summed E-state index contributed by atoms with van der Waals surface area (Å²) in [5.74, 6) is -6.88. The number of hydrogen-bond donors (Lipinski definition) is 2. The van der Waals surface area contributed by atoms with Crippen LogP contribution in [0.4, 0.5) is 0 Å². The molecule has 0 aromatic carbocycles. The van der Waals surface area contributed by atoms with Crippen molar-refractivity contribution in [3.8, 4) is 0 Å². The molecule has 4 rings (SSSR count). The lowest BCUT2D eigenvalue weighted by Crippen LogP contribution is -2.64. The van der Waals surface area contributed by atoms with Crippen LogP contribution in [0.15, 0.2) is 23.3 Å². The fourth-order valence-electron chi connectivity index (χ4n) is 10.1. The highest BCUT2D eigenvalue weighted by Gasteiger charge is 2.57. The summed E-state index contributed by atoms with van der Waals surface area (Å²) in [5, 5.41) is 22.6. The summed E-state index contributed by atoms with van der Waals surface area (Å²) in [6.45, 7) is 22.6. The summed E-state index contributed by atoms with van der Waals surface area (Å²) in [6.07, 6.45) is 5.14. The number of nitrogens with zero attached hydrogens (tertiary/aromatic N) is 1. The molecular formula is C49H83NO12Si. The molecule has 0 radical (unpaired) electrons. The van der Waals surface area contributed by atoms with Crippen molar-refractivity contribution < 1.29 is 57.5 Å². The first-order valence-corrected chi connectivity index (χ1v) is 26.6. The van der Waals surface area contributed by atoms with E-state index >= 15 is 0 Å². The molecule has 2 unspecified atom stereocenters. The smallest absolute Gasteiger partial charge is 0.329 e. The van der Waals surface area contributed by atoms with E-state index < -0.39 is 86.3 Å². The Morgan fingerprint density at radius 1 is 0.921 bits per heavy atom. The van der Waals surface area contributed by atoms with Crippen molar-refractivity contribution in [3.05, 3.63) is 23.3 Å². The number of aliphatic hydroxyl groups excluding tert-OH is 1. The Morgan fingerprint density at radius 2 is 1.56 bits per heavy atom. The van der Waals surface area contributed by atoms with E-state index in [1.165, 1.54) is 4.90 Å². The number of allylic oxidation sites excluding steroid dienone is 3. The quantitative estimate of drug-likeness (QED) is 0.107. The molecule has 14 atom stereocenters. The Bertz CT molecular complexity index is 1640. The molecule has 3 heterocycles. The van der Waals surface area contributed by atoms with Crippen molar-refractivity contribution in [3.63, 3.8) is 0 Å². The molecule has 14 heteroatoms. The molecule has 2 N–H and O–H groups in total. The number of carbonyl (C=O) groups is 4. The third kappa shape index (κ3) is 12.8. The third-order valence-electron chi connectivity index (χ3n) is 15.1. The van der Waals surface area contributed by atoms with Crippen LogP contribution in [0.2, 0.25) is 18.1 Å². The molecule has 2 saturated heterocycles. The number of hydrogen-bond acceptors (Lipinski definition) is 12. The number of piperidine rings is 1. The van der Waals surface area contributed by atoms with Gasteiger partial charge in [0.05, 0.1) is 30.5 Å². The van der Waals surface area contributed by atoms with Gasteiger partial charge in [-0.1, -0.05) is 66.2 Å². The predicted molar refractivity (Wildman–Crippen MR) is 244 cm³/mol. The van der Waals surface area contributed by atoms with Crippen molar-refractivity contribution in [2.45, 2.75) is 206 Å². The van der Waals surface area contributed by atoms with Gasteiger partial charge in [-0.15, -0.1) is 0 Å². The molecule has 1 amide bonds. The van der Waals surface area contributed by atoms with E-state index in [0.29, 0.717) is 51.4 Å². The van der Waals surface area contributed by atoms with Gasteiger partial charge < -0.3 is 43.2 Å². The zero-order chi connectivity index (χ0) is 47.2. The van der Waals surface area contributed by atoms with E-state index in [4.69, 9.17) is 28.1 Å². The highest BCUT2D eigenvalue weighted by atomic mass is 28.4. The molecule has 360 valence electrons. The number of Topliss-reactive ketones (excluding diaryl/α,β-unsaturated/α-hetero) is 2. The third-order valence-corrected chi connectivity index (χ3v) is 19.6. The van der Waals surface area contributed by atoms with E-state index in [1.807, 2.05) is 27.7 Å². The Hall–Kier alpha value is -2.30. The summed E-state index contributed by atoms with van der Waals surface area (Å²) in [4.78, 5) is 59.5. The maximum Gasteiger partial charge on any atom is 0.329 e. The fraction of sp³-hybridized carbons (Fsp3) is 0.837. The van der Waals surface area contributed by atoms with Gasteiger partial charge in [0, 0.05) is 52.0 Å². The summed E-state index contributed by atoms with van der Waals surface area (Å²) in [5.41, 5.74) is 1.82. The second-order valence-corrected chi connectivity index (χ2v) is 25.8. The SMILES string of the molecule is CC[C@@H]1/C=C(\C)C[C@H](C)CC(OC)[C@H]2O[C@@](O)(C(=O)C(=O)N3CCCC[C@H]3C(=O)O[C@H](/C(C)=C/C3CC[C@@H](O)[C@H](OC)C3)[C@@H](C)[C@@H](O[Si](C)(C)C(C)(C)C)CC1=O)[C@H](C)C[C@@H]2OC. The fourth-order valence-corrected chi connectivity index (χ4v) is 11.5. The summed E-state index contributed by atoms with van der Waals surface area (Å²) < 4.78 is 37.6. The van der Waals surface area contributed by atoms with Crippen LogP contribution in [0.1, 0.15) is 133 Å². The molecule has 4 aliphatic rings. The molecule has 1 aliphatic carbocycles. The monoisotopic (exact) mass is 906 g/mol. The Labute approximate surface area is 379 Å². The van der Waals surface area contributed by atoms with Crippen molar-refractivity contribution in [2.24, 2.45) is 29.6 Å². The number of esters is 1. The average Bonchev–Trinajstić information content (AvgIpc) is 3.23. The number of methoxy groups -OCH3 is 3. The van der Waals surface area contributed by atoms with Crippen molar-refractivity contribution in [2.75, 3.05) is 27.9 Å². The molecule has 2 bridgehead atoms. The largest absolute Gasteiger partial charge is 0.456 e. The van der Waals surface area contributed by atoms with Gasteiger partial charge in [-0.25, -0.2) is 4.79 Å². The zero-order valence-electron chi connectivity index (χ0n) is 41.1. The standard InChI is InChI=1S/C49H83NO12Si/c1-15-35-23-29(2)22-30(3)24-41(58-11)44-42(59-12)26-32(5)49(56,61-44)45(53)46(54)50-21-17-16-18-36(50)47(55)60-43(31(4)25-34-19-20-37(51)40(27-34)57-10)33(6)39(28-38(35)52)62-63(13,14)48(7,8)9/h23,25,30,32-37,39-44,51,56H,15-22,24,26-28H2,1-14H3/b29-23+,31-25+/t30-,32+,33-,34?,35+,36-,37+,39-,40+,41?,42-,43+,44+,49+/m0/s1. The highest BCUT2D eigenvalue weighted by Crippen LogP contribution is 2.42. The van der Waals surface area contributed by atoms with Crippen LogP contribution in [0.25, 0.3) is 0 Å². The van der Waals surface area contributed by atoms with Crippen LogP contribution in [0.3, 0.4) is 0 Å². The minimum Gasteiger partial charge on any atom is -0.456 e. The van der Waals surface area contributed by atoms with Gasteiger partial charge in [-0.05, 0) is 114 Å². The van der Waals surface area contributed by atoms with Crippen molar-refractivity contribution in [1.82, 2.24) is 4.90 Å². The van der Waals surface area contributed by atoms with Crippen LogP contribution in [0.5, 0.6) is 0 Å². The van der Waals surface area contributed by atoms with Gasteiger partial charge in [-0.2, -0.15) is 0 Å². The minimum absolute atomic E-state index is 0.0265. The Balaban J connectivity index is 1.88. The maximum absolute atomic E-state index is 14.8. The number of rotatable bonds is 8. The van der Waals surface area contributed by atoms with Gasteiger partial charge in [0.15, 0.2) is 8.32 Å². The van der Waals surface area contributed by atoms with Crippen LogP contribution >= 0.6 is 0 Å². The topological polar surface area (TPSA) is 167 Å². The molecule has 3 aliphatic heterocycles. The molecule has 0 spiro atoms. The molecular weight excluding hydrogens is 823 g/mol. The molecule has 13 nitrogen and oxygen atoms in total. The average molecular weight is 906 g/mol. The van der Waals surface area contributed by atoms with Gasteiger partial charge in [-0.3, -0.25) is 14.4 Å². The van der Waals surface area contributed by atoms with E-state index in [-0.39, 0.29) is 60.5 Å². The van der Waals surface area contributed by atoms with E-state index in [2.05, 4.69) is 52.9 Å². The zero-order valence-corrected chi connectivity index (χ0v) is 42.1. The molecule has 63 heavy (non-hydrogen) atoms. The van der Waals surface area contributed by atoms with Crippen LogP contribution in [0, 0.1) is 29.6 Å². The van der Waals surface area contributed by atoms with Crippen molar-refractivity contribution in [1.29, 1.82) is 0 Å². The molecule has 1 saturated carbocycles. The second kappa shape index (κ2) is 22.5. The number of amides is 1. The maximum atomic E-state index is 14.8. The number of cyclic esters (lactones) is 1. The normalized spacial score (nSPS) is 38.9. The van der Waals surface area contributed by atoms with Gasteiger partial charge in [0.1, 0.15) is 24.0 Å². The lowest BCUT2D eigenvalue weighted by atomic mass is 9.81. The number of carbonyl (C=O) groups excluding carboxylic acids is 4. The molecule has 3 fully saturated rings. The molecule has 0 aromatic heterocycles. The first kappa shape index (κ1) is 53.3. The first-order chi connectivity index (χ1) is 29.4. The van der Waals surface area contributed by atoms with Crippen LogP contribution in [-0.2, 0) is 47.3 Å². The lowest BCUT2D eigenvalue weighted by Gasteiger charge is -2.47. The summed E-state index contributed by atoms with van der Waals surface area (Å²) >= 11 is 0. The highest BCUT2D eigenvalue weighted by molar-refractivity contribution is 6.74. The lowest BCUT2D eigenvalue weighted by molar-refractivity contribution is -0.302. The van der Waals surface area contributed by atoms with Crippen molar-refractivity contribution >= 4 is 31.8 Å². The van der Waals surface area contributed by atoms with Gasteiger partial charge >= 0.3 is 5.97 Å². The van der Waals surface area contributed by atoms with Crippen LogP contribution in [-0.4, -0.2) is 129 Å². The predicted octanol–water partition coefficient (Wildman–Crippen LogP) is 7.50. The number of ether oxygens (including phenoxy) is 5. The number of aliphatic hydroxyl groups is 2. The minimum atomic E-state index is -2.52. The van der Waals surface area contributed by atoms with E-state index in [0.717, 1.165) is 11.1 Å². The van der Waals surface area contributed by atoms with Crippen LogP contribution < -0.4 is 0 Å². The Kier molecular flexibility index (Phi) is 19.0. The van der Waals surface area contributed by atoms with E-state index in [9.17, 15) is 29.4 Å². The summed E-state index contributed by atoms with van der Waals surface area (Å²) in [6, 6.07) is -1.11. The second-order valence-electron chi connectivity index (χ2n) is 21.0. The Morgan fingerprint density at radius 3 is 2.16 bits per heavy atom. The van der Waals surface area contributed by atoms with Gasteiger partial charge in [0.2, 0.25) is 5.79 Å². The van der Waals surface area contributed by atoms with Gasteiger partial charge in [0.25, 0.3) is 11.7 Å². The summed E-state index contributed by atoms with van der Waals surface area (Å²) in [7, 11) is 2.19.